The number of hydrogen-bond acceptors (Lipinski definition) is 10. The van der Waals surface area contributed by atoms with Crippen molar-refractivity contribution in [3.63, 3.8) is 0 Å². The molecule has 0 aliphatic heterocycles. The maximum absolute atomic E-state index is 12.5. The maximum atomic E-state index is 12.5. The van der Waals surface area contributed by atoms with E-state index in [1.54, 1.807) is 20.8 Å². The number of nitrogens with zero attached hydrogens (tertiary/aromatic N) is 1. The Labute approximate surface area is 328 Å². The molecule has 0 aliphatic rings. The molecule has 0 bridgehead atoms. The van der Waals surface area contributed by atoms with E-state index in [4.69, 9.17) is 93.7 Å². The number of carbonyl (C=O) groups excluding carboxylic acids is 2. The molecule has 4 atom stereocenters. The van der Waals surface area contributed by atoms with E-state index in [1.165, 1.54) is 11.3 Å². The third kappa shape index (κ3) is 20.6. The van der Waals surface area contributed by atoms with Gasteiger partial charge >= 0.3 is 18.3 Å². The van der Waals surface area contributed by atoms with E-state index in [9.17, 15) is 19.5 Å². The first-order valence-corrected chi connectivity index (χ1v) is 18.7. The molecule has 0 spiro atoms. The summed E-state index contributed by atoms with van der Waals surface area (Å²) in [6, 6.07) is 0. The maximum Gasteiger partial charge on any atom is 0.508 e. The van der Waals surface area contributed by atoms with E-state index in [0.717, 1.165) is 29.7 Å². The van der Waals surface area contributed by atoms with Crippen molar-refractivity contribution in [2.45, 2.75) is 100 Å². The molecule has 0 saturated heterocycles. The van der Waals surface area contributed by atoms with Crippen LogP contribution in [0.5, 0.6) is 0 Å². The fourth-order valence-corrected chi connectivity index (χ4v) is 5.77. The minimum absolute atomic E-state index is 0.0684. The first-order valence-electron chi connectivity index (χ1n) is 15.6. The summed E-state index contributed by atoms with van der Waals surface area (Å²) in [4.78, 5) is 39.8. The van der Waals surface area contributed by atoms with E-state index < -0.39 is 62.6 Å². The number of alkyl halides is 6. The molecule has 50 heavy (non-hydrogen) atoms. The van der Waals surface area contributed by atoms with Crippen LogP contribution < -0.4 is 0 Å². The zero-order valence-corrected chi connectivity index (χ0v) is 34.1. The molecule has 0 saturated carbocycles. The smallest absolute Gasteiger partial charge is 0.481 e. The van der Waals surface area contributed by atoms with Crippen LogP contribution in [0.25, 0.3) is 6.08 Å². The molecule has 0 radical (unpaired) electrons. The van der Waals surface area contributed by atoms with Gasteiger partial charge in [0.15, 0.2) is 0 Å². The second-order valence-corrected chi connectivity index (χ2v) is 18.6. The van der Waals surface area contributed by atoms with Gasteiger partial charge in [-0.1, -0.05) is 127 Å². The van der Waals surface area contributed by atoms with Gasteiger partial charge in [0.25, 0.3) is 0 Å². The Bertz CT molecular complexity index is 1340. The van der Waals surface area contributed by atoms with E-state index in [2.05, 4.69) is 11.1 Å². The second kappa shape index (κ2) is 21.9. The van der Waals surface area contributed by atoms with Gasteiger partial charge in [-0.05, 0) is 56.9 Å². The highest BCUT2D eigenvalue weighted by atomic mass is 35.6. The zero-order valence-electron chi connectivity index (χ0n) is 28.7. The van der Waals surface area contributed by atoms with Crippen LogP contribution in [0.2, 0.25) is 0 Å². The van der Waals surface area contributed by atoms with Gasteiger partial charge in [-0.15, -0.1) is 11.3 Å². The minimum Gasteiger partial charge on any atom is -0.481 e. The van der Waals surface area contributed by atoms with Gasteiger partial charge in [0.1, 0.15) is 30.9 Å². The molecule has 4 unspecified atom stereocenters. The summed E-state index contributed by atoms with van der Waals surface area (Å²) in [6.45, 7) is 10.1. The quantitative estimate of drug-likeness (QED) is 0.0785. The highest BCUT2D eigenvalue weighted by molar-refractivity contribution is 7.09. The van der Waals surface area contributed by atoms with Crippen LogP contribution in [0.3, 0.4) is 0 Å². The van der Waals surface area contributed by atoms with Crippen molar-refractivity contribution >= 4 is 105 Å². The van der Waals surface area contributed by atoms with E-state index in [-0.39, 0.29) is 25.4 Å². The van der Waals surface area contributed by atoms with Crippen LogP contribution in [0.1, 0.15) is 84.3 Å². The average molecular weight is 845 g/mol. The van der Waals surface area contributed by atoms with Gasteiger partial charge in [0.05, 0.1) is 11.8 Å². The van der Waals surface area contributed by atoms with Gasteiger partial charge in [-0.25, -0.2) is 14.6 Å². The molecule has 0 aromatic carbocycles. The van der Waals surface area contributed by atoms with Crippen LogP contribution >= 0.6 is 80.9 Å². The lowest BCUT2D eigenvalue weighted by Gasteiger charge is -2.39. The van der Waals surface area contributed by atoms with Gasteiger partial charge in [-0.2, -0.15) is 0 Å². The summed E-state index contributed by atoms with van der Waals surface area (Å²) in [5, 5.41) is 22.8. The van der Waals surface area contributed by atoms with Crippen LogP contribution in [-0.4, -0.2) is 66.5 Å². The molecule has 1 rings (SSSR count). The topological polar surface area (TPSA) is 141 Å². The lowest BCUT2D eigenvalue weighted by Crippen LogP contribution is -2.44. The Morgan fingerprint density at radius 3 is 2.14 bits per heavy atom. The first kappa shape index (κ1) is 46.6. The molecule has 17 heteroatoms. The van der Waals surface area contributed by atoms with Crippen LogP contribution in [0, 0.1) is 17.3 Å². The van der Waals surface area contributed by atoms with Crippen molar-refractivity contribution in [1.82, 2.24) is 4.98 Å². The molecule has 2 N–H and O–H groups in total. The number of allylic oxidation sites excluding steroid dienone is 5. The molecule has 1 aromatic rings. The summed E-state index contributed by atoms with van der Waals surface area (Å²) in [5.74, 6) is -1.80. The monoisotopic (exact) mass is 841 g/mol. The van der Waals surface area contributed by atoms with Gasteiger partial charge in [-0.3, -0.25) is 4.79 Å². The Hall–Kier alpha value is -1.44. The number of halogens is 6. The summed E-state index contributed by atoms with van der Waals surface area (Å²) in [6.07, 6.45) is 6.37. The Balaban J connectivity index is 2.79. The lowest BCUT2D eigenvalue weighted by molar-refractivity contribution is -0.138. The van der Waals surface area contributed by atoms with Crippen molar-refractivity contribution in [2.24, 2.45) is 17.3 Å². The fourth-order valence-electron chi connectivity index (χ4n) is 4.78. The van der Waals surface area contributed by atoms with Gasteiger partial charge in [0.2, 0.25) is 7.59 Å². The molecule has 0 fully saturated rings. The van der Waals surface area contributed by atoms with Crippen LogP contribution in [0.4, 0.5) is 9.59 Å². The molecule has 0 aliphatic carbocycles. The number of ether oxygens (including phenoxy) is 4. The molecular weight excluding hydrogens is 799 g/mol. The number of carbonyl (C=O) groups is 3. The molecule has 10 nitrogen and oxygen atoms in total. The highest BCUT2D eigenvalue weighted by Gasteiger charge is 2.40. The van der Waals surface area contributed by atoms with Gasteiger partial charge in [0, 0.05) is 17.7 Å². The summed E-state index contributed by atoms with van der Waals surface area (Å²) >= 11 is 35.1. The first-order chi connectivity index (χ1) is 23.0. The minimum atomic E-state index is -1.82. The second-order valence-electron chi connectivity index (χ2n) is 12.6. The van der Waals surface area contributed by atoms with Gasteiger partial charge < -0.3 is 29.2 Å². The van der Waals surface area contributed by atoms with Crippen molar-refractivity contribution in [1.29, 1.82) is 0 Å². The number of thiazole rings is 1. The Kier molecular flexibility index (Phi) is 20.4. The number of hydrogen-bond donors (Lipinski definition) is 2. The molecule has 284 valence electrons. The fraction of sp³-hybridized carbons (Fsp3) is 0.636. The Morgan fingerprint density at radius 2 is 1.56 bits per heavy atom. The number of aliphatic carboxylic acids is 1. The normalized spacial score (nSPS) is 15.7. The molecular formula is C33H45Cl6NO9S. The van der Waals surface area contributed by atoms with Crippen molar-refractivity contribution in [3.05, 3.63) is 45.5 Å². The lowest BCUT2D eigenvalue weighted by atomic mass is 9.73. The number of rotatable bonds is 19. The van der Waals surface area contributed by atoms with Crippen molar-refractivity contribution < 1.29 is 43.5 Å². The predicted molar refractivity (Wildman–Crippen MR) is 200 cm³/mol. The summed E-state index contributed by atoms with van der Waals surface area (Å²) in [7, 11) is 0. The van der Waals surface area contributed by atoms with Crippen LogP contribution in [-0.2, 0) is 30.3 Å². The third-order valence-corrected chi connectivity index (χ3v) is 8.97. The molecule has 1 heterocycles. The number of aromatic nitrogens is 1. The SMILES string of the molecule is CC(C=CCC(C)C(OC(=O)OCC(Cl)(Cl)Cl)C(C)C(O)C(C)(C)CCC(=O)O)=CCCC(C)=Cc1csc(COC(=O)OCC(Cl)(Cl)Cl)n1. The van der Waals surface area contributed by atoms with E-state index in [0.29, 0.717) is 11.4 Å². The number of carboxylic acid groups (broad SMARTS) is 1. The third-order valence-electron chi connectivity index (χ3n) is 7.47. The Morgan fingerprint density at radius 1 is 0.960 bits per heavy atom. The molecule has 1 aromatic heterocycles. The average Bonchev–Trinajstić information content (AvgIpc) is 3.45. The predicted octanol–water partition coefficient (Wildman–Crippen LogP) is 10.7. The highest BCUT2D eigenvalue weighted by Crippen LogP contribution is 2.36. The summed E-state index contributed by atoms with van der Waals surface area (Å²) in [5.41, 5.74) is 2.10. The van der Waals surface area contributed by atoms with Crippen molar-refractivity contribution in [2.75, 3.05) is 13.2 Å². The van der Waals surface area contributed by atoms with E-state index in [1.807, 2.05) is 44.4 Å². The number of carboxylic acids is 1. The van der Waals surface area contributed by atoms with Crippen molar-refractivity contribution in [3.8, 4) is 0 Å². The largest absolute Gasteiger partial charge is 0.508 e. The number of aliphatic hydroxyl groups is 1. The standard InChI is InChI=1S/C33H45Cl6NO9S/c1-20(9-7-11-21(2)15-24-17-50-25(40-24)16-46-29(44)47-18-32(34,35)36)10-8-12-22(3)27(49-30(45)48-19-33(37,38)39)23(4)28(43)31(5,6)14-13-26(41)42/h8-10,15,17,22-23,27-28,43H,7,11-14,16,18-19H2,1-6H3,(H,41,42). The van der Waals surface area contributed by atoms with Crippen LogP contribution in [0.15, 0.2) is 34.8 Å². The number of aliphatic hydroxyl groups excluding tert-OH is 1. The summed E-state index contributed by atoms with van der Waals surface area (Å²) < 4.78 is 16.8. The zero-order chi connectivity index (χ0) is 38.3. The van der Waals surface area contributed by atoms with E-state index >= 15 is 0 Å². The molecule has 0 amide bonds.